The molecule has 4 heteroatoms. The number of benzene rings is 1. The topological polar surface area (TPSA) is 38.5 Å². The minimum Gasteiger partial charge on any atom is -0.399 e. The minimum absolute atomic E-state index is 0.230. The van der Waals surface area contributed by atoms with Gasteiger partial charge in [-0.1, -0.05) is 6.07 Å². The van der Waals surface area contributed by atoms with E-state index in [9.17, 15) is 4.39 Å². The number of hydrogen-bond acceptors (Lipinski definition) is 3. The Balaban J connectivity index is 1.87. The highest BCUT2D eigenvalue weighted by atomic mass is 19.1. The van der Waals surface area contributed by atoms with Crippen LogP contribution in [-0.2, 0) is 11.3 Å². The molecule has 1 saturated heterocycles. The summed E-state index contributed by atoms with van der Waals surface area (Å²) in [6.07, 6.45) is 3.79. The van der Waals surface area contributed by atoms with Gasteiger partial charge in [0.05, 0.1) is 6.10 Å². The van der Waals surface area contributed by atoms with Crippen LogP contribution in [0.1, 0.15) is 24.8 Å². The molecule has 0 bridgehead atoms. The predicted octanol–water partition coefficient (Wildman–Crippen LogP) is 2.41. The van der Waals surface area contributed by atoms with Gasteiger partial charge in [-0.25, -0.2) is 4.39 Å². The number of likely N-dealkylation sites (N-methyl/N-ethyl adjacent to an activating group) is 1. The summed E-state index contributed by atoms with van der Waals surface area (Å²) in [6, 6.07) is 4.87. The Bertz CT molecular complexity index is 391. The molecule has 1 aromatic carbocycles. The summed E-state index contributed by atoms with van der Waals surface area (Å²) in [5, 5.41) is 0. The second kappa shape index (κ2) is 6.16. The first kappa shape index (κ1) is 13.3. The molecule has 1 heterocycles. The number of rotatable bonds is 4. The Morgan fingerprint density at radius 3 is 2.94 bits per heavy atom. The van der Waals surface area contributed by atoms with Gasteiger partial charge in [0.2, 0.25) is 0 Å². The van der Waals surface area contributed by atoms with Gasteiger partial charge in [0.25, 0.3) is 0 Å². The minimum atomic E-state index is -0.230. The van der Waals surface area contributed by atoms with Crippen LogP contribution >= 0.6 is 0 Å². The van der Waals surface area contributed by atoms with E-state index in [1.165, 1.54) is 12.5 Å². The van der Waals surface area contributed by atoms with Gasteiger partial charge in [-0.05, 0) is 38.4 Å². The van der Waals surface area contributed by atoms with Crippen molar-refractivity contribution in [1.82, 2.24) is 4.90 Å². The van der Waals surface area contributed by atoms with Crippen molar-refractivity contribution in [2.45, 2.75) is 31.9 Å². The lowest BCUT2D eigenvalue weighted by molar-refractivity contribution is -0.00272. The summed E-state index contributed by atoms with van der Waals surface area (Å²) in [4.78, 5) is 2.10. The van der Waals surface area contributed by atoms with Crippen LogP contribution in [0, 0.1) is 5.82 Å². The zero-order valence-electron chi connectivity index (χ0n) is 10.9. The van der Waals surface area contributed by atoms with Crippen LogP contribution in [-0.4, -0.2) is 31.2 Å². The summed E-state index contributed by atoms with van der Waals surface area (Å²) in [5.41, 5.74) is 6.68. The fourth-order valence-corrected chi connectivity index (χ4v) is 2.35. The van der Waals surface area contributed by atoms with E-state index in [0.29, 0.717) is 23.9 Å². The summed E-state index contributed by atoms with van der Waals surface area (Å²) < 4.78 is 19.3. The summed E-state index contributed by atoms with van der Waals surface area (Å²) in [7, 11) is 1.99. The molecule has 1 unspecified atom stereocenters. The van der Waals surface area contributed by atoms with E-state index >= 15 is 0 Å². The van der Waals surface area contributed by atoms with Crippen molar-refractivity contribution in [2.75, 3.05) is 25.9 Å². The molecule has 0 aliphatic carbocycles. The van der Waals surface area contributed by atoms with Crippen molar-refractivity contribution in [1.29, 1.82) is 0 Å². The van der Waals surface area contributed by atoms with Crippen LogP contribution in [0.2, 0.25) is 0 Å². The smallest absolute Gasteiger partial charge is 0.129 e. The van der Waals surface area contributed by atoms with Crippen LogP contribution in [0.5, 0.6) is 0 Å². The molecule has 1 aromatic rings. The average Bonchev–Trinajstić information content (AvgIpc) is 2.34. The van der Waals surface area contributed by atoms with Crippen molar-refractivity contribution in [2.24, 2.45) is 0 Å². The van der Waals surface area contributed by atoms with Crippen LogP contribution in [0.3, 0.4) is 0 Å². The van der Waals surface area contributed by atoms with Crippen LogP contribution in [0.25, 0.3) is 0 Å². The molecule has 1 fully saturated rings. The van der Waals surface area contributed by atoms with Gasteiger partial charge in [0.15, 0.2) is 0 Å². The Kier molecular flexibility index (Phi) is 4.55. The Hall–Kier alpha value is -1.13. The molecule has 18 heavy (non-hydrogen) atoms. The highest BCUT2D eigenvalue weighted by molar-refractivity contribution is 5.40. The molecule has 0 radical (unpaired) electrons. The molecule has 1 aliphatic rings. The molecular formula is C14H21FN2O. The third-order valence-corrected chi connectivity index (χ3v) is 3.31. The standard InChI is InChI=1S/C14H21FN2O/c1-17(10-13-4-2-3-7-18-13)9-11-5-6-12(16)8-14(11)15/h5-6,8,13H,2-4,7,9-10,16H2,1H3. The van der Waals surface area contributed by atoms with E-state index in [1.54, 1.807) is 12.1 Å². The largest absolute Gasteiger partial charge is 0.399 e. The highest BCUT2D eigenvalue weighted by Gasteiger charge is 2.16. The lowest BCUT2D eigenvalue weighted by Gasteiger charge is -2.27. The lowest BCUT2D eigenvalue weighted by atomic mass is 10.1. The molecule has 2 rings (SSSR count). The van der Waals surface area contributed by atoms with E-state index in [4.69, 9.17) is 10.5 Å². The molecule has 2 N–H and O–H groups in total. The van der Waals surface area contributed by atoms with Crippen molar-refractivity contribution in [3.8, 4) is 0 Å². The van der Waals surface area contributed by atoms with Gasteiger partial charge in [-0.15, -0.1) is 0 Å². The number of nitrogens with two attached hydrogens (primary N) is 1. The first-order chi connectivity index (χ1) is 8.65. The summed E-state index contributed by atoms with van der Waals surface area (Å²) in [5.74, 6) is -0.230. The highest BCUT2D eigenvalue weighted by Crippen LogP contribution is 2.16. The molecule has 1 aliphatic heterocycles. The molecule has 1 atom stereocenters. The molecule has 0 amide bonds. The normalized spacial score (nSPS) is 20.3. The molecule has 3 nitrogen and oxygen atoms in total. The molecule has 100 valence electrons. The maximum absolute atomic E-state index is 13.7. The SMILES string of the molecule is CN(Cc1ccc(N)cc1F)CC1CCCCO1. The van der Waals surface area contributed by atoms with Crippen LogP contribution in [0.4, 0.5) is 10.1 Å². The Labute approximate surface area is 108 Å². The second-order valence-electron chi connectivity index (χ2n) is 5.04. The summed E-state index contributed by atoms with van der Waals surface area (Å²) >= 11 is 0. The first-order valence-electron chi connectivity index (χ1n) is 6.49. The number of anilines is 1. The van der Waals surface area contributed by atoms with E-state index in [0.717, 1.165) is 26.0 Å². The summed E-state index contributed by atoms with van der Waals surface area (Å²) in [6.45, 7) is 2.30. The number of nitrogens with zero attached hydrogens (tertiary/aromatic N) is 1. The first-order valence-corrected chi connectivity index (χ1v) is 6.49. The Morgan fingerprint density at radius 1 is 1.44 bits per heavy atom. The van der Waals surface area contributed by atoms with Crippen molar-refractivity contribution in [3.63, 3.8) is 0 Å². The molecule has 0 aromatic heterocycles. The van der Waals surface area contributed by atoms with Gasteiger partial charge >= 0.3 is 0 Å². The van der Waals surface area contributed by atoms with Crippen LogP contribution in [0.15, 0.2) is 18.2 Å². The average molecular weight is 252 g/mol. The molecule has 0 saturated carbocycles. The van der Waals surface area contributed by atoms with Gasteiger partial charge in [-0.2, -0.15) is 0 Å². The van der Waals surface area contributed by atoms with Crippen molar-refractivity contribution >= 4 is 5.69 Å². The predicted molar refractivity (Wildman–Crippen MR) is 70.7 cm³/mol. The van der Waals surface area contributed by atoms with Crippen LogP contribution < -0.4 is 5.73 Å². The Morgan fingerprint density at radius 2 is 2.28 bits per heavy atom. The lowest BCUT2D eigenvalue weighted by Crippen LogP contribution is -2.33. The fraction of sp³-hybridized carbons (Fsp3) is 0.571. The number of halogens is 1. The third-order valence-electron chi connectivity index (χ3n) is 3.31. The monoisotopic (exact) mass is 252 g/mol. The molecular weight excluding hydrogens is 231 g/mol. The number of ether oxygens (including phenoxy) is 1. The zero-order valence-corrected chi connectivity index (χ0v) is 10.9. The van der Waals surface area contributed by atoms with E-state index in [-0.39, 0.29) is 5.82 Å². The quantitative estimate of drug-likeness (QED) is 0.836. The van der Waals surface area contributed by atoms with Gasteiger partial charge < -0.3 is 10.5 Å². The van der Waals surface area contributed by atoms with E-state index < -0.39 is 0 Å². The van der Waals surface area contributed by atoms with Gasteiger partial charge in [0.1, 0.15) is 5.82 Å². The van der Waals surface area contributed by atoms with Crippen molar-refractivity contribution in [3.05, 3.63) is 29.6 Å². The second-order valence-corrected chi connectivity index (χ2v) is 5.04. The maximum Gasteiger partial charge on any atom is 0.129 e. The fourth-order valence-electron chi connectivity index (χ4n) is 2.35. The van der Waals surface area contributed by atoms with E-state index in [1.807, 2.05) is 7.05 Å². The van der Waals surface area contributed by atoms with Gasteiger partial charge in [0, 0.05) is 30.9 Å². The third kappa shape index (κ3) is 3.68. The zero-order chi connectivity index (χ0) is 13.0. The maximum atomic E-state index is 13.7. The molecule has 0 spiro atoms. The number of hydrogen-bond donors (Lipinski definition) is 1. The van der Waals surface area contributed by atoms with E-state index in [2.05, 4.69) is 4.90 Å². The number of nitrogen functional groups attached to an aromatic ring is 1. The van der Waals surface area contributed by atoms with Crippen molar-refractivity contribution < 1.29 is 9.13 Å². The van der Waals surface area contributed by atoms with Gasteiger partial charge in [-0.3, -0.25) is 4.90 Å².